The van der Waals surface area contributed by atoms with Crippen LogP contribution in [-0.2, 0) is 0 Å². The van der Waals surface area contributed by atoms with Gasteiger partial charge in [0.05, 0.1) is 11.0 Å². The van der Waals surface area contributed by atoms with Crippen LogP contribution in [0.5, 0.6) is 0 Å². The second-order valence-electron chi connectivity index (χ2n) is 13.2. The van der Waals surface area contributed by atoms with Crippen LogP contribution in [0.3, 0.4) is 0 Å². The lowest BCUT2D eigenvalue weighted by molar-refractivity contribution is 0.954. The molecule has 0 aliphatic carbocycles. The van der Waals surface area contributed by atoms with Crippen molar-refractivity contribution in [1.82, 2.24) is 19.5 Å². The first-order chi connectivity index (χ1) is 25.8. The van der Waals surface area contributed by atoms with Crippen molar-refractivity contribution in [3.63, 3.8) is 0 Å². The highest BCUT2D eigenvalue weighted by Gasteiger charge is 2.24. The highest BCUT2D eigenvalue weighted by molar-refractivity contribution is 7.26. The van der Waals surface area contributed by atoms with E-state index in [0.29, 0.717) is 17.6 Å². The van der Waals surface area contributed by atoms with Crippen molar-refractivity contribution in [1.29, 1.82) is 0 Å². The first-order valence-electron chi connectivity index (χ1n) is 17.5. The number of aromatic nitrogens is 4. The molecule has 0 aliphatic rings. The van der Waals surface area contributed by atoms with E-state index in [1.165, 1.54) is 63.6 Å². The van der Waals surface area contributed by atoms with E-state index in [4.69, 9.17) is 15.0 Å². The van der Waals surface area contributed by atoms with E-state index in [2.05, 4.69) is 138 Å². The van der Waals surface area contributed by atoms with Gasteiger partial charge in [-0.25, -0.2) is 4.98 Å². The molecule has 0 unspecified atom stereocenters. The third-order valence-electron chi connectivity index (χ3n) is 10.2. The third-order valence-corrected chi connectivity index (χ3v) is 11.4. The maximum absolute atomic E-state index is 5.24. The van der Waals surface area contributed by atoms with Crippen LogP contribution >= 0.6 is 11.3 Å². The van der Waals surface area contributed by atoms with Gasteiger partial charge in [0.15, 0.2) is 11.6 Å². The molecular formula is C47H28N4S. The average Bonchev–Trinajstić information content (AvgIpc) is 3.77. The molecule has 11 rings (SSSR count). The fraction of sp³-hybridized carbons (Fsp3) is 0. The minimum absolute atomic E-state index is 0.590. The summed E-state index contributed by atoms with van der Waals surface area (Å²) in [6.07, 6.45) is 0. The van der Waals surface area contributed by atoms with Crippen LogP contribution in [0.15, 0.2) is 170 Å². The molecule has 242 valence electrons. The van der Waals surface area contributed by atoms with Gasteiger partial charge in [0.2, 0.25) is 5.95 Å². The van der Waals surface area contributed by atoms with Crippen LogP contribution in [0, 0.1) is 0 Å². The Kier molecular flexibility index (Phi) is 6.39. The number of hydrogen-bond donors (Lipinski definition) is 0. The number of fused-ring (bicyclic) bond motifs is 10. The fourth-order valence-electron chi connectivity index (χ4n) is 7.84. The molecule has 0 N–H and O–H groups in total. The summed E-state index contributed by atoms with van der Waals surface area (Å²) in [4.78, 5) is 15.5. The minimum atomic E-state index is 0.590. The van der Waals surface area contributed by atoms with Gasteiger partial charge in [0.1, 0.15) is 0 Å². The van der Waals surface area contributed by atoms with Crippen LogP contribution in [-0.4, -0.2) is 19.5 Å². The molecule has 4 nitrogen and oxygen atoms in total. The summed E-state index contributed by atoms with van der Waals surface area (Å²) in [7, 11) is 0. The Labute approximate surface area is 302 Å². The molecule has 0 spiro atoms. The van der Waals surface area contributed by atoms with Gasteiger partial charge in [-0.2, -0.15) is 9.97 Å². The summed E-state index contributed by atoms with van der Waals surface area (Å²) in [5.74, 6) is 1.86. The molecule has 0 atom stereocenters. The Morgan fingerprint density at radius 3 is 1.77 bits per heavy atom. The monoisotopic (exact) mass is 680 g/mol. The first kappa shape index (κ1) is 29.1. The smallest absolute Gasteiger partial charge is 0.238 e. The predicted octanol–water partition coefficient (Wildman–Crippen LogP) is 12.6. The summed E-state index contributed by atoms with van der Waals surface area (Å²) < 4.78 is 4.81. The molecule has 0 saturated carbocycles. The number of para-hydroxylation sites is 1. The average molecular weight is 681 g/mol. The van der Waals surface area contributed by atoms with E-state index >= 15 is 0 Å². The molecule has 3 aromatic heterocycles. The largest absolute Gasteiger partial charge is 0.278 e. The molecule has 8 aromatic carbocycles. The Morgan fingerprint density at radius 1 is 0.404 bits per heavy atom. The zero-order chi connectivity index (χ0) is 34.2. The van der Waals surface area contributed by atoms with Crippen LogP contribution in [0.4, 0.5) is 0 Å². The van der Waals surface area contributed by atoms with E-state index in [9.17, 15) is 0 Å². The number of thiophene rings is 1. The Morgan fingerprint density at radius 2 is 1.02 bits per heavy atom. The second kappa shape index (κ2) is 11.4. The van der Waals surface area contributed by atoms with E-state index in [1.54, 1.807) is 0 Å². The van der Waals surface area contributed by atoms with Crippen LogP contribution < -0.4 is 0 Å². The van der Waals surface area contributed by atoms with Crippen molar-refractivity contribution in [2.45, 2.75) is 0 Å². The number of benzene rings is 8. The van der Waals surface area contributed by atoms with Gasteiger partial charge in [-0.3, -0.25) is 4.57 Å². The van der Waals surface area contributed by atoms with Gasteiger partial charge in [0.25, 0.3) is 0 Å². The lowest BCUT2D eigenvalue weighted by Gasteiger charge is -2.12. The van der Waals surface area contributed by atoms with Crippen molar-refractivity contribution in [3.05, 3.63) is 170 Å². The summed E-state index contributed by atoms with van der Waals surface area (Å²) in [5, 5.41) is 9.89. The van der Waals surface area contributed by atoms with Crippen molar-refractivity contribution in [2.75, 3.05) is 0 Å². The van der Waals surface area contributed by atoms with Crippen molar-refractivity contribution >= 4 is 74.9 Å². The minimum Gasteiger partial charge on any atom is -0.278 e. The summed E-state index contributed by atoms with van der Waals surface area (Å²) in [5.41, 5.74) is 6.39. The zero-order valence-corrected chi connectivity index (χ0v) is 28.7. The molecule has 0 bridgehead atoms. The fourth-order valence-corrected chi connectivity index (χ4v) is 9.11. The van der Waals surface area contributed by atoms with Gasteiger partial charge in [0, 0.05) is 47.6 Å². The second-order valence-corrected chi connectivity index (χ2v) is 14.3. The SMILES string of the molecule is c1ccc(-c2nc(-c3ccccc3)nc(-n3c4ccccc4c4c5c(sc6ccc7ccccc7c65)c(-c5ccc6ccccc6c5)cc43)n2)cc1. The van der Waals surface area contributed by atoms with Gasteiger partial charge >= 0.3 is 0 Å². The standard InChI is InChI=1S/C47H28N4S/c1-3-15-31(16-4-1)45-48-46(32-17-5-2-6-18-32)50-47(49-45)51-38-22-12-11-21-36(38)41-39(51)28-37(34-24-23-29-13-7-8-19-33(29)27-34)44-43(41)42-35-20-10-9-14-30(35)25-26-40(42)52-44/h1-28H. The van der Waals surface area contributed by atoms with E-state index in [-0.39, 0.29) is 0 Å². The maximum atomic E-state index is 5.24. The van der Waals surface area contributed by atoms with E-state index < -0.39 is 0 Å². The van der Waals surface area contributed by atoms with Crippen LogP contribution in [0.2, 0.25) is 0 Å². The topological polar surface area (TPSA) is 43.6 Å². The van der Waals surface area contributed by atoms with Gasteiger partial charge in [-0.15, -0.1) is 11.3 Å². The molecule has 5 heteroatoms. The van der Waals surface area contributed by atoms with Crippen molar-refractivity contribution < 1.29 is 0 Å². The van der Waals surface area contributed by atoms with Gasteiger partial charge in [-0.1, -0.05) is 146 Å². The molecule has 0 radical (unpaired) electrons. The Bertz CT molecular complexity index is 3120. The number of nitrogens with zero attached hydrogens (tertiary/aromatic N) is 4. The molecule has 11 aromatic rings. The molecule has 0 aliphatic heterocycles. The van der Waals surface area contributed by atoms with E-state index in [0.717, 1.165) is 22.2 Å². The van der Waals surface area contributed by atoms with E-state index in [1.807, 2.05) is 47.7 Å². The van der Waals surface area contributed by atoms with Gasteiger partial charge in [-0.05, 0) is 51.4 Å². The highest BCUT2D eigenvalue weighted by atomic mass is 32.1. The lowest BCUT2D eigenvalue weighted by atomic mass is 9.95. The maximum Gasteiger partial charge on any atom is 0.238 e. The Hall–Kier alpha value is -6.69. The molecule has 0 amide bonds. The highest BCUT2D eigenvalue weighted by Crippen LogP contribution is 2.49. The van der Waals surface area contributed by atoms with Gasteiger partial charge < -0.3 is 0 Å². The Balaban J connectivity index is 1.33. The molecule has 0 fully saturated rings. The van der Waals surface area contributed by atoms with Crippen LogP contribution in [0.25, 0.3) is 103 Å². The number of rotatable bonds is 4. The predicted molar refractivity (Wildman–Crippen MR) is 218 cm³/mol. The molecular weight excluding hydrogens is 653 g/mol. The normalized spacial score (nSPS) is 11.8. The van der Waals surface area contributed by atoms with Crippen molar-refractivity contribution in [3.8, 4) is 39.9 Å². The van der Waals surface area contributed by atoms with Crippen molar-refractivity contribution in [2.24, 2.45) is 0 Å². The molecule has 0 saturated heterocycles. The quantitative estimate of drug-likeness (QED) is 0.186. The number of hydrogen-bond acceptors (Lipinski definition) is 4. The van der Waals surface area contributed by atoms with Crippen LogP contribution in [0.1, 0.15) is 0 Å². The molecule has 52 heavy (non-hydrogen) atoms. The third kappa shape index (κ3) is 4.43. The summed E-state index contributed by atoms with van der Waals surface area (Å²) in [6.45, 7) is 0. The lowest BCUT2D eigenvalue weighted by Crippen LogP contribution is -2.06. The first-order valence-corrected chi connectivity index (χ1v) is 18.3. The molecule has 3 heterocycles. The summed E-state index contributed by atoms with van der Waals surface area (Å²) >= 11 is 1.88. The zero-order valence-electron chi connectivity index (χ0n) is 27.9. The summed E-state index contributed by atoms with van der Waals surface area (Å²) in [6, 6.07) is 60.2.